The first kappa shape index (κ1) is 12.6. The quantitative estimate of drug-likeness (QED) is 0.899. The molecule has 2 aliphatic heterocycles. The summed E-state index contributed by atoms with van der Waals surface area (Å²) < 4.78 is 0. The molecule has 3 rings (SSSR count). The first-order chi connectivity index (χ1) is 8.65. The molecule has 0 aromatic carbocycles. The molecule has 1 aromatic heterocycles. The van der Waals surface area contributed by atoms with Gasteiger partial charge < -0.3 is 10.2 Å². The van der Waals surface area contributed by atoms with Crippen molar-refractivity contribution in [2.45, 2.75) is 38.1 Å². The predicted molar refractivity (Wildman–Crippen MR) is 78.3 cm³/mol. The van der Waals surface area contributed by atoms with Gasteiger partial charge in [-0.2, -0.15) is 0 Å². The highest BCUT2D eigenvalue weighted by Gasteiger charge is 2.35. The summed E-state index contributed by atoms with van der Waals surface area (Å²) in [6, 6.07) is 5.19. The lowest BCUT2D eigenvalue weighted by molar-refractivity contribution is 0.215. The van der Waals surface area contributed by atoms with E-state index in [1.165, 1.54) is 37.4 Å². The number of nitrogens with zero attached hydrogens (tertiary/aromatic N) is 1. The van der Waals surface area contributed by atoms with Crippen LogP contribution in [0.5, 0.6) is 0 Å². The molecule has 18 heavy (non-hydrogen) atoms. The molecular formula is C15H24N2S. The average Bonchev–Trinajstić information content (AvgIpc) is 2.99. The first-order valence-corrected chi connectivity index (χ1v) is 8.03. The minimum Gasteiger partial charge on any atom is -0.313 e. The van der Waals surface area contributed by atoms with Gasteiger partial charge in [0.2, 0.25) is 0 Å². The summed E-state index contributed by atoms with van der Waals surface area (Å²) in [5, 5.41) is 6.04. The van der Waals surface area contributed by atoms with Gasteiger partial charge in [-0.05, 0) is 43.3 Å². The summed E-state index contributed by atoms with van der Waals surface area (Å²) in [7, 11) is 0. The second kappa shape index (κ2) is 4.95. The van der Waals surface area contributed by atoms with E-state index in [2.05, 4.69) is 41.6 Å². The zero-order valence-electron chi connectivity index (χ0n) is 11.5. The molecule has 3 heterocycles. The molecular weight excluding hydrogens is 240 g/mol. The summed E-state index contributed by atoms with van der Waals surface area (Å²) >= 11 is 1.88. The Balaban J connectivity index is 1.57. The Kier molecular flexibility index (Phi) is 3.48. The largest absolute Gasteiger partial charge is 0.313 e. The van der Waals surface area contributed by atoms with E-state index in [9.17, 15) is 0 Å². The van der Waals surface area contributed by atoms with Crippen LogP contribution in [0.15, 0.2) is 17.5 Å². The molecule has 2 saturated heterocycles. The highest BCUT2D eigenvalue weighted by atomic mass is 32.1. The van der Waals surface area contributed by atoms with E-state index in [1.807, 2.05) is 11.3 Å². The molecule has 100 valence electrons. The third-order valence-corrected chi connectivity index (χ3v) is 5.86. The van der Waals surface area contributed by atoms with E-state index in [4.69, 9.17) is 0 Å². The van der Waals surface area contributed by atoms with Crippen molar-refractivity contribution in [3.63, 3.8) is 0 Å². The van der Waals surface area contributed by atoms with Crippen LogP contribution < -0.4 is 5.32 Å². The zero-order valence-corrected chi connectivity index (χ0v) is 12.3. The third kappa shape index (κ3) is 2.49. The van der Waals surface area contributed by atoms with Crippen molar-refractivity contribution in [3.8, 4) is 0 Å². The van der Waals surface area contributed by atoms with Crippen LogP contribution in [0.4, 0.5) is 0 Å². The fourth-order valence-corrected chi connectivity index (χ4v) is 4.21. The molecule has 1 N–H and O–H groups in total. The van der Waals surface area contributed by atoms with Crippen LogP contribution in [-0.4, -0.2) is 37.1 Å². The number of thiophene rings is 1. The fourth-order valence-electron chi connectivity index (χ4n) is 3.36. The van der Waals surface area contributed by atoms with Crippen LogP contribution in [0.3, 0.4) is 0 Å². The molecule has 0 radical (unpaired) electrons. The van der Waals surface area contributed by atoms with Crippen molar-refractivity contribution >= 4 is 11.3 Å². The summed E-state index contributed by atoms with van der Waals surface area (Å²) in [5.74, 6) is 0.901. The SMILES string of the molecule is CC(C)(CNC1CCN2CCC1C2)c1cccs1. The maximum atomic E-state index is 3.86. The highest BCUT2D eigenvalue weighted by molar-refractivity contribution is 7.10. The molecule has 2 aliphatic rings. The summed E-state index contributed by atoms with van der Waals surface area (Å²) in [5.41, 5.74) is 0.268. The van der Waals surface area contributed by atoms with Crippen LogP contribution >= 0.6 is 11.3 Å². The zero-order chi connectivity index (χ0) is 12.6. The van der Waals surface area contributed by atoms with E-state index < -0.39 is 0 Å². The maximum Gasteiger partial charge on any atom is 0.0121 e. The molecule has 2 fully saturated rings. The van der Waals surface area contributed by atoms with Gasteiger partial charge in [-0.3, -0.25) is 0 Å². The number of hydrogen-bond acceptors (Lipinski definition) is 3. The van der Waals surface area contributed by atoms with E-state index in [0.717, 1.165) is 18.5 Å². The Bertz CT molecular complexity index is 385. The smallest absolute Gasteiger partial charge is 0.0121 e. The van der Waals surface area contributed by atoms with Crippen LogP contribution in [0.2, 0.25) is 0 Å². The standard InChI is InChI=1S/C15H24N2S/c1-15(2,14-4-3-9-18-14)11-16-13-6-8-17-7-5-12(13)10-17/h3-4,9,12-13,16H,5-8,10-11H2,1-2H3. The van der Waals surface area contributed by atoms with Crippen LogP contribution in [0, 0.1) is 5.92 Å². The van der Waals surface area contributed by atoms with E-state index in [0.29, 0.717) is 0 Å². The minimum absolute atomic E-state index is 0.268. The third-order valence-electron chi connectivity index (χ3n) is 4.63. The Morgan fingerprint density at radius 2 is 2.22 bits per heavy atom. The molecule has 2 bridgehead atoms. The minimum atomic E-state index is 0.268. The molecule has 0 saturated carbocycles. The fraction of sp³-hybridized carbons (Fsp3) is 0.733. The van der Waals surface area contributed by atoms with E-state index in [1.54, 1.807) is 0 Å². The van der Waals surface area contributed by atoms with Gasteiger partial charge in [0, 0.05) is 29.4 Å². The molecule has 3 unspecified atom stereocenters. The Hall–Kier alpha value is -0.380. The average molecular weight is 264 g/mol. The summed E-state index contributed by atoms with van der Waals surface area (Å²) in [6.07, 6.45) is 2.74. The van der Waals surface area contributed by atoms with Crippen molar-refractivity contribution in [2.24, 2.45) is 5.92 Å². The molecule has 2 nitrogen and oxygen atoms in total. The Morgan fingerprint density at radius 3 is 3.00 bits per heavy atom. The van der Waals surface area contributed by atoms with Gasteiger partial charge in [0.15, 0.2) is 0 Å². The number of fused-ring (bicyclic) bond motifs is 2. The van der Waals surface area contributed by atoms with Crippen molar-refractivity contribution in [1.29, 1.82) is 0 Å². The van der Waals surface area contributed by atoms with Gasteiger partial charge in [-0.15, -0.1) is 11.3 Å². The summed E-state index contributed by atoms with van der Waals surface area (Å²) in [6.45, 7) is 9.78. The molecule has 1 aromatic rings. The lowest BCUT2D eigenvalue weighted by Gasteiger charge is -2.34. The summed E-state index contributed by atoms with van der Waals surface area (Å²) in [4.78, 5) is 4.12. The Labute approximate surface area is 114 Å². The lowest BCUT2D eigenvalue weighted by Crippen LogP contribution is -2.47. The number of nitrogens with one attached hydrogen (secondary N) is 1. The van der Waals surface area contributed by atoms with Crippen molar-refractivity contribution in [3.05, 3.63) is 22.4 Å². The van der Waals surface area contributed by atoms with Gasteiger partial charge in [0.25, 0.3) is 0 Å². The van der Waals surface area contributed by atoms with E-state index >= 15 is 0 Å². The first-order valence-electron chi connectivity index (χ1n) is 7.15. The molecule has 0 amide bonds. The molecule has 3 atom stereocenters. The Morgan fingerprint density at radius 1 is 1.39 bits per heavy atom. The lowest BCUT2D eigenvalue weighted by atomic mass is 9.88. The molecule has 0 aliphatic carbocycles. The molecule has 3 heteroatoms. The maximum absolute atomic E-state index is 3.86. The van der Waals surface area contributed by atoms with Crippen LogP contribution in [0.25, 0.3) is 0 Å². The normalized spacial score (nSPS) is 31.8. The number of hydrogen-bond donors (Lipinski definition) is 1. The highest BCUT2D eigenvalue weighted by Crippen LogP contribution is 2.30. The van der Waals surface area contributed by atoms with Gasteiger partial charge >= 0.3 is 0 Å². The van der Waals surface area contributed by atoms with Gasteiger partial charge in [-0.1, -0.05) is 19.9 Å². The van der Waals surface area contributed by atoms with Gasteiger partial charge in [-0.25, -0.2) is 0 Å². The second-order valence-corrected chi connectivity index (χ2v) is 7.43. The number of rotatable bonds is 4. The van der Waals surface area contributed by atoms with E-state index in [-0.39, 0.29) is 5.41 Å². The topological polar surface area (TPSA) is 15.3 Å². The van der Waals surface area contributed by atoms with Crippen molar-refractivity contribution < 1.29 is 0 Å². The van der Waals surface area contributed by atoms with Crippen molar-refractivity contribution in [1.82, 2.24) is 10.2 Å². The predicted octanol–water partition coefficient (Wildman–Crippen LogP) is 2.71. The van der Waals surface area contributed by atoms with Gasteiger partial charge in [0.05, 0.1) is 0 Å². The van der Waals surface area contributed by atoms with Gasteiger partial charge in [0.1, 0.15) is 0 Å². The molecule has 0 spiro atoms. The van der Waals surface area contributed by atoms with Crippen LogP contribution in [0.1, 0.15) is 31.6 Å². The monoisotopic (exact) mass is 264 g/mol. The number of piperidine rings is 1. The van der Waals surface area contributed by atoms with Crippen molar-refractivity contribution in [2.75, 3.05) is 26.2 Å². The van der Waals surface area contributed by atoms with Crippen LogP contribution in [-0.2, 0) is 5.41 Å². The second-order valence-electron chi connectivity index (χ2n) is 6.49.